The topological polar surface area (TPSA) is 92.3 Å². The number of Topliss-reactive ketones (excluding diaryl/α,β-unsaturated/α-hetero) is 1. The van der Waals surface area contributed by atoms with Gasteiger partial charge in [0, 0.05) is 23.7 Å². The third kappa shape index (κ3) is 5.97. The van der Waals surface area contributed by atoms with Gasteiger partial charge in [-0.3, -0.25) is 9.59 Å². The largest absolute Gasteiger partial charge is 0.326 e. The lowest BCUT2D eigenvalue weighted by molar-refractivity contribution is -0.121. The lowest BCUT2D eigenvalue weighted by atomic mass is 9.81. The maximum Gasteiger partial charge on any atom is 0.250 e. The van der Waals surface area contributed by atoms with Crippen molar-refractivity contribution in [2.75, 3.05) is 11.9 Å². The first-order valence-electron chi connectivity index (χ1n) is 9.41. The molecule has 0 radical (unpaired) electrons. The predicted molar refractivity (Wildman–Crippen MR) is 118 cm³/mol. The Kier molecular flexibility index (Phi) is 7.26. The van der Waals surface area contributed by atoms with Gasteiger partial charge in [0.2, 0.25) is 15.9 Å². The van der Waals surface area contributed by atoms with Crippen molar-refractivity contribution in [2.45, 2.75) is 36.8 Å². The van der Waals surface area contributed by atoms with E-state index in [1.165, 1.54) is 18.3 Å². The monoisotopic (exact) mass is 498 g/mol. The minimum absolute atomic E-state index is 0.0426. The highest BCUT2D eigenvalue weighted by atomic mass is 79.9. The van der Waals surface area contributed by atoms with Crippen LogP contribution < -0.4 is 10.0 Å². The molecule has 156 valence electrons. The number of rotatable bonds is 7. The van der Waals surface area contributed by atoms with E-state index in [1.807, 2.05) is 0 Å². The summed E-state index contributed by atoms with van der Waals surface area (Å²) in [5.74, 6) is 0.0301. The Labute approximate surface area is 183 Å². The zero-order valence-corrected chi connectivity index (χ0v) is 19.2. The molecule has 6 nitrogen and oxygen atoms in total. The van der Waals surface area contributed by atoms with Gasteiger partial charge < -0.3 is 5.32 Å². The number of benzene rings is 1. The molecule has 1 aliphatic rings. The summed E-state index contributed by atoms with van der Waals surface area (Å²) in [6.45, 7) is 1.88. The van der Waals surface area contributed by atoms with Gasteiger partial charge in [0.15, 0.2) is 5.78 Å². The first-order valence-corrected chi connectivity index (χ1v) is 12.5. The molecule has 0 aliphatic heterocycles. The summed E-state index contributed by atoms with van der Waals surface area (Å²) in [5.41, 5.74) is 1.19. The van der Waals surface area contributed by atoms with Gasteiger partial charge >= 0.3 is 0 Å². The fourth-order valence-corrected chi connectivity index (χ4v) is 6.60. The number of amides is 1. The summed E-state index contributed by atoms with van der Waals surface area (Å²) in [6.07, 6.45) is 3.02. The van der Waals surface area contributed by atoms with E-state index in [4.69, 9.17) is 0 Å². The Hall–Kier alpha value is -1.55. The highest BCUT2D eigenvalue weighted by molar-refractivity contribution is 9.11. The molecule has 2 N–H and O–H groups in total. The molecule has 0 atom stereocenters. The molecule has 29 heavy (non-hydrogen) atoms. The van der Waals surface area contributed by atoms with Crippen molar-refractivity contribution in [2.24, 2.45) is 11.8 Å². The van der Waals surface area contributed by atoms with Crippen LogP contribution in [-0.4, -0.2) is 26.7 Å². The number of halogens is 1. The number of hydrogen-bond acceptors (Lipinski definition) is 5. The molecule has 1 aromatic carbocycles. The second kappa shape index (κ2) is 9.51. The highest BCUT2D eigenvalue weighted by Gasteiger charge is 2.27. The molecular weight excluding hydrogens is 476 g/mol. The molecule has 0 saturated heterocycles. The Morgan fingerprint density at radius 1 is 1.14 bits per heavy atom. The van der Waals surface area contributed by atoms with Crippen LogP contribution in [0.5, 0.6) is 0 Å². The molecule has 2 aromatic rings. The van der Waals surface area contributed by atoms with Crippen LogP contribution in [0, 0.1) is 11.8 Å². The number of carbonyl (C=O) groups is 2. The number of carbonyl (C=O) groups excluding carboxylic acids is 2. The highest BCUT2D eigenvalue weighted by Crippen LogP contribution is 2.30. The molecule has 1 aromatic heterocycles. The van der Waals surface area contributed by atoms with Gasteiger partial charge in [-0.05, 0) is 78.7 Å². The zero-order valence-electron chi connectivity index (χ0n) is 16.0. The molecule has 0 spiro atoms. The van der Waals surface area contributed by atoms with Crippen molar-refractivity contribution in [1.29, 1.82) is 0 Å². The Bertz CT molecular complexity index is 995. The third-order valence-electron chi connectivity index (χ3n) is 5.13. The van der Waals surface area contributed by atoms with Crippen LogP contribution in [0.1, 0.15) is 43.0 Å². The van der Waals surface area contributed by atoms with Gasteiger partial charge in [-0.15, -0.1) is 11.3 Å². The lowest BCUT2D eigenvalue weighted by Gasteiger charge is -2.27. The second-order valence-electron chi connectivity index (χ2n) is 7.25. The van der Waals surface area contributed by atoms with Crippen molar-refractivity contribution in [3.8, 4) is 0 Å². The number of anilines is 1. The van der Waals surface area contributed by atoms with Gasteiger partial charge in [0.05, 0.1) is 3.79 Å². The van der Waals surface area contributed by atoms with Crippen LogP contribution in [0.25, 0.3) is 0 Å². The van der Waals surface area contributed by atoms with E-state index in [0.717, 1.165) is 29.5 Å². The van der Waals surface area contributed by atoms with Crippen LogP contribution in [0.2, 0.25) is 0 Å². The summed E-state index contributed by atoms with van der Waals surface area (Å²) >= 11 is 4.46. The molecule has 1 aliphatic carbocycles. The molecule has 1 saturated carbocycles. The minimum Gasteiger partial charge on any atom is -0.326 e. The molecule has 1 amide bonds. The van der Waals surface area contributed by atoms with Crippen molar-refractivity contribution in [3.63, 3.8) is 0 Å². The quantitative estimate of drug-likeness (QED) is 0.551. The van der Waals surface area contributed by atoms with Crippen LogP contribution in [0.3, 0.4) is 0 Å². The van der Waals surface area contributed by atoms with Crippen molar-refractivity contribution >= 4 is 54.7 Å². The Balaban J connectivity index is 1.48. The fraction of sp³-hybridized carbons (Fsp3) is 0.400. The summed E-state index contributed by atoms with van der Waals surface area (Å²) in [4.78, 5) is 24.0. The second-order valence-corrected chi connectivity index (χ2v) is 11.7. The minimum atomic E-state index is -3.49. The van der Waals surface area contributed by atoms with Crippen LogP contribution in [-0.2, 0) is 14.8 Å². The summed E-state index contributed by atoms with van der Waals surface area (Å²) in [7, 11) is -3.49. The van der Waals surface area contributed by atoms with Gasteiger partial charge in [-0.2, -0.15) is 0 Å². The molecule has 0 bridgehead atoms. The van der Waals surface area contributed by atoms with E-state index in [0.29, 0.717) is 22.0 Å². The normalized spacial score (nSPS) is 19.7. The number of ketones is 1. The standard InChI is InChI=1S/C20H23BrN2O4S2/c1-13(24)16-3-2-4-17(11-16)23-20(25)15-7-5-14(6-8-15)12-22-29(26,27)19-10-9-18(21)28-19/h2-4,9-11,14-15,22H,5-8,12H2,1H3,(H,23,25). The van der Waals surface area contributed by atoms with E-state index >= 15 is 0 Å². The molecule has 1 fully saturated rings. The van der Waals surface area contributed by atoms with Crippen molar-refractivity contribution in [3.05, 3.63) is 45.7 Å². The van der Waals surface area contributed by atoms with E-state index in [1.54, 1.807) is 36.4 Å². The van der Waals surface area contributed by atoms with E-state index in [-0.39, 0.29) is 23.5 Å². The summed E-state index contributed by atoms with van der Waals surface area (Å²) in [5, 5.41) is 2.90. The maximum absolute atomic E-state index is 12.5. The molecule has 1 heterocycles. The van der Waals surface area contributed by atoms with Gasteiger partial charge in [0.25, 0.3) is 0 Å². The Morgan fingerprint density at radius 3 is 2.48 bits per heavy atom. The Morgan fingerprint density at radius 2 is 1.86 bits per heavy atom. The summed E-state index contributed by atoms with van der Waals surface area (Å²) < 4.78 is 28.4. The maximum atomic E-state index is 12.5. The van der Waals surface area contributed by atoms with Crippen LogP contribution >= 0.6 is 27.3 Å². The fourth-order valence-electron chi connectivity index (χ4n) is 3.43. The van der Waals surface area contributed by atoms with E-state index < -0.39 is 10.0 Å². The van der Waals surface area contributed by atoms with Crippen LogP contribution in [0.4, 0.5) is 5.69 Å². The van der Waals surface area contributed by atoms with Crippen molar-refractivity contribution < 1.29 is 18.0 Å². The average molecular weight is 499 g/mol. The number of nitrogens with one attached hydrogen (secondary N) is 2. The van der Waals surface area contributed by atoms with E-state index in [2.05, 4.69) is 26.0 Å². The van der Waals surface area contributed by atoms with Crippen molar-refractivity contribution in [1.82, 2.24) is 4.72 Å². The predicted octanol–water partition coefficient (Wildman–Crippen LogP) is 4.44. The molecule has 0 unspecified atom stereocenters. The van der Waals surface area contributed by atoms with Gasteiger partial charge in [0.1, 0.15) is 4.21 Å². The first kappa shape index (κ1) is 22.1. The zero-order chi connectivity index (χ0) is 21.0. The van der Waals surface area contributed by atoms with Gasteiger partial charge in [-0.25, -0.2) is 13.1 Å². The summed E-state index contributed by atoms with van der Waals surface area (Å²) in [6, 6.07) is 10.2. The molecule has 9 heteroatoms. The molecule has 3 rings (SSSR count). The SMILES string of the molecule is CC(=O)c1cccc(NC(=O)C2CCC(CNS(=O)(=O)c3ccc(Br)s3)CC2)c1. The van der Waals surface area contributed by atoms with Gasteiger partial charge in [-0.1, -0.05) is 12.1 Å². The smallest absolute Gasteiger partial charge is 0.250 e. The average Bonchev–Trinajstić information content (AvgIpc) is 3.14. The molecular formula is C20H23BrN2O4S2. The number of thiophene rings is 1. The third-order valence-corrected chi connectivity index (χ3v) is 8.67. The first-order chi connectivity index (χ1) is 13.7. The number of sulfonamides is 1. The van der Waals surface area contributed by atoms with Crippen LogP contribution in [0.15, 0.2) is 44.4 Å². The lowest BCUT2D eigenvalue weighted by Crippen LogP contribution is -2.33. The van der Waals surface area contributed by atoms with E-state index in [9.17, 15) is 18.0 Å². The number of hydrogen-bond donors (Lipinski definition) is 2.